The molecular formula is C8H8F3NO2S. The Morgan fingerprint density at radius 2 is 2.07 bits per heavy atom. The molecule has 0 fully saturated rings. The lowest BCUT2D eigenvalue weighted by Gasteiger charge is -2.09. The monoisotopic (exact) mass is 239 g/mol. The van der Waals surface area contributed by atoms with Crippen molar-refractivity contribution in [3.8, 4) is 0 Å². The highest BCUT2D eigenvalue weighted by Gasteiger charge is 2.32. The van der Waals surface area contributed by atoms with Gasteiger partial charge in [-0.25, -0.2) is 4.21 Å². The van der Waals surface area contributed by atoms with Crippen molar-refractivity contribution >= 4 is 11.1 Å². The predicted octanol–water partition coefficient (Wildman–Crippen LogP) is 2.38. The van der Waals surface area contributed by atoms with E-state index in [0.717, 1.165) is 18.3 Å². The summed E-state index contributed by atoms with van der Waals surface area (Å²) in [6.45, 7) is 1.43. The molecule has 1 aromatic rings. The molecule has 0 spiro atoms. The highest BCUT2D eigenvalue weighted by molar-refractivity contribution is 7.79. The Bertz CT molecular complexity index is 363. The molecule has 1 rings (SSSR count). The molecule has 1 aromatic heterocycles. The second-order valence-electron chi connectivity index (χ2n) is 2.89. The van der Waals surface area contributed by atoms with Crippen LogP contribution in [0.3, 0.4) is 0 Å². The summed E-state index contributed by atoms with van der Waals surface area (Å²) in [5, 5.41) is -0.750. The first-order chi connectivity index (χ1) is 6.82. The molecule has 0 amide bonds. The summed E-state index contributed by atoms with van der Waals surface area (Å²) in [6.07, 6.45) is -3.53. The Morgan fingerprint density at radius 3 is 2.40 bits per heavy atom. The zero-order valence-corrected chi connectivity index (χ0v) is 8.47. The number of pyridine rings is 1. The van der Waals surface area contributed by atoms with Crippen LogP contribution in [-0.4, -0.2) is 13.7 Å². The third kappa shape index (κ3) is 3.00. The van der Waals surface area contributed by atoms with Gasteiger partial charge in [-0.1, -0.05) is 6.07 Å². The Kier molecular flexibility index (Phi) is 3.46. The normalized spacial score (nSPS) is 16.1. The van der Waals surface area contributed by atoms with Crippen molar-refractivity contribution in [3.05, 3.63) is 29.6 Å². The molecule has 3 nitrogen and oxygen atoms in total. The molecule has 15 heavy (non-hydrogen) atoms. The van der Waals surface area contributed by atoms with Gasteiger partial charge in [0.25, 0.3) is 0 Å². The van der Waals surface area contributed by atoms with E-state index in [2.05, 4.69) is 4.98 Å². The summed E-state index contributed by atoms with van der Waals surface area (Å²) < 4.78 is 55.7. The lowest BCUT2D eigenvalue weighted by Crippen LogP contribution is -2.09. The van der Waals surface area contributed by atoms with Gasteiger partial charge in [0.05, 0.1) is 5.25 Å². The van der Waals surface area contributed by atoms with Crippen molar-refractivity contribution < 1.29 is 21.9 Å². The molecule has 84 valence electrons. The number of nitrogens with zero attached hydrogens (tertiary/aromatic N) is 1. The van der Waals surface area contributed by atoms with Gasteiger partial charge in [-0.15, -0.1) is 0 Å². The van der Waals surface area contributed by atoms with Crippen molar-refractivity contribution in [2.24, 2.45) is 0 Å². The minimum Gasteiger partial charge on any atom is -0.306 e. The molecule has 0 aliphatic rings. The molecule has 7 heteroatoms. The second-order valence-corrected chi connectivity index (χ2v) is 4.15. The molecular weight excluding hydrogens is 231 g/mol. The Balaban J connectivity index is 2.95. The van der Waals surface area contributed by atoms with Gasteiger partial charge in [-0.3, -0.25) is 4.98 Å². The molecule has 2 atom stereocenters. The average molecular weight is 239 g/mol. The topological polar surface area (TPSA) is 50.2 Å². The van der Waals surface area contributed by atoms with E-state index >= 15 is 0 Å². The maximum atomic E-state index is 12.1. The molecule has 1 N–H and O–H groups in total. The van der Waals surface area contributed by atoms with Crippen LogP contribution in [0.25, 0.3) is 0 Å². The summed E-state index contributed by atoms with van der Waals surface area (Å²) in [5.41, 5.74) is -0.717. The predicted molar refractivity (Wildman–Crippen MR) is 48.4 cm³/mol. The lowest BCUT2D eigenvalue weighted by atomic mass is 10.2. The van der Waals surface area contributed by atoms with Gasteiger partial charge < -0.3 is 4.55 Å². The number of halogens is 3. The van der Waals surface area contributed by atoms with Crippen LogP contribution in [0.5, 0.6) is 0 Å². The molecule has 0 radical (unpaired) electrons. The molecule has 0 aromatic carbocycles. The van der Waals surface area contributed by atoms with Gasteiger partial charge in [-0.05, 0) is 18.6 Å². The summed E-state index contributed by atoms with van der Waals surface area (Å²) in [5.74, 6) is 0. The zero-order valence-electron chi connectivity index (χ0n) is 7.65. The summed E-state index contributed by atoms with van der Waals surface area (Å²) >= 11 is -2.11. The van der Waals surface area contributed by atoms with Crippen molar-refractivity contribution in [1.29, 1.82) is 0 Å². The van der Waals surface area contributed by atoms with E-state index in [1.54, 1.807) is 0 Å². The number of hydrogen-bond donors (Lipinski definition) is 1. The van der Waals surface area contributed by atoms with E-state index in [1.165, 1.54) is 6.92 Å². The maximum absolute atomic E-state index is 12.1. The van der Waals surface area contributed by atoms with E-state index < -0.39 is 28.2 Å². The Morgan fingerprint density at radius 1 is 1.47 bits per heavy atom. The van der Waals surface area contributed by atoms with E-state index in [9.17, 15) is 17.4 Å². The van der Waals surface area contributed by atoms with Crippen LogP contribution in [0.1, 0.15) is 23.4 Å². The maximum Gasteiger partial charge on any atom is 0.433 e. The number of aromatic nitrogens is 1. The molecule has 0 saturated carbocycles. The van der Waals surface area contributed by atoms with Crippen molar-refractivity contribution in [2.45, 2.75) is 18.3 Å². The first-order valence-corrected chi connectivity index (χ1v) is 5.12. The zero-order chi connectivity index (χ0) is 11.6. The molecule has 1 heterocycles. The van der Waals surface area contributed by atoms with Gasteiger partial charge in [0, 0.05) is 6.20 Å². The number of rotatable bonds is 2. The summed E-state index contributed by atoms with van der Waals surface area (Å²) in [7, 11) is 0. The molecule has 0 aliphatic heterocycles. The van der Waals surface area contributed by atoms with Crippen LogP contribution < -0.4 is 0 Å². The molecule has 0 aliphatic carbocycles. The smallest absolute Gasteiger partial charge is 0.306 e. The van der Waals surface area contributed by atoms with Gasteiger partial charge in [0.1, 0.15) is 5.69 Å². The van der Waals surface area contributed by atoms with Crippen molar-refractivity contribution in [2.75, 3.05) is 0 Å². The fourth-order valence-corrected chi connectivity index (χ4v) is 1.30. The second kappa shape index (κ2) is 4.28. The van der Waals surface area contributed by atoms with E-state index in [4.69, 9.17) is 4.55 Å². The molecule has 1 unspecified atom stereocenters. The number of hydrogen-bond acceptors (Lipinski definition) is 2. The van der Waals surface area contributed by atoms with Gasteiger partial charge in [0.2, 0.25) is 0 Å². The van der Waals surface area contributed by atoms with Crippen LogP contribution in [0.15, 0.2) is 18.3 Å². The van der Waals surface area contributed by atoms with Crippen LogP contribution in [0, 0.1) is 0 Å². The van der Waals surface area contributed by atoms with Crippen molar-refractivity contribution in [1.82, 2.24) is 4.98 Å². The van der Waals surface area contributed by atoms with Gasteiger partial charge >= 0.3 is 6.18 Å². The highest BCUT2D eigenvalue weighted by atomic mass is 32.2. The van der Waals surface area contributed by atoms with E-state index in [-0.39, 0.29) is 0 Å². The van der Waals surface area contributed by atoms with Crippen LogP contribution in [-0.2, 0) is 17.3 Å². The van der Waals surface area contributed by atoms with Crippen LogP contribution in [0.2, 0.25) is 0 Å². The van der Waals surface area contributed by atoms with Crippen LogP contribution >= 0.6 is 0 Å². The Hall–Kier alpha value is -0.950. The van der Waals surface area contributed by atoms with E-state index in [0.29, 0.717) is 5.56 Å². The van der Waals surface area contributed by atoms with Gasteiger partial charge in [-0.2, -0.15) is 13.2 Å². The summed E-state index contributed by atoms with van der Waals surface area (Å²) in [4.78, 5) is 3.18. The van der Waals surface area contributed by atoms with Crippen LogP contribution in [0.4, 0.5) is 13.2 Å². The fourth-order valence-electron chi connectivity index (χ4n) is 0.930. The first kappa shape index (κ1) is 12.1. The standard InChI is InChI=1S/C8H8F3NO2S/c1-5(15(13)14)6-2-3-7(12-4-6)8(9,10)11/h2-5H,1H3,(H,13,14)/t5-/m1/s1. The molecule has 0 saturated heterocycles. The lowest BCUT2D eigenvalue weighted by molar-refractivity contribution is -0.141. The molecule has 0 bridgehead atoms. The average Bonchev–Trinajstić information content (AvgIpc) is 2.15. The quantitative estimate of drug-likeness (QED) is 0.806. The summed E-state index contributed by atoms with van der Waals surface area (Å²) in [6, 6.07) is 1.94. The fraction of sp³-hybridized carbons (Fsp3) is 0.375. The van der Waals surface area contributed by atoms with Gasteiger partial charge in [0.15, 0.2) is 11.1 Å². The van der Waals surface area contributed by atoms with Crippen molar-refractivity contribution in [3.63, 3.8) is 0 Å². The Labute approximate surface area is 86.6 Å². The van der Waals surface area contributed by atoms with E-state index in [1.807, 2.05) is 0 Å². The third-order valence-corrected chi connectivity index (χ3v) is 2.73. The highest BCUT2D eigenvalue weighted by Crippen LogP contribution is 2.28. The first-order valence-electron chi connectivity index (χ1n) is 3.95. The number of alkyl halides is 3. The minimum absolute atomic E-state index is 0.295. The SMILES string of the molecule is C[C@H](c1ccc(C(F)(F)F)nc1)S(=O)O. The largest absolute Gasteiger partial charge is 0.433 e. The third-order valence-electron chi connectivity index (χ3n) is 1.85. The minimum atomic E-state index is -4.49.